The van der Waals surface area contributed by atoms with Crippen molar-refractivity contribution < 1.29 is 14.8 Å². The molecule has 0 bridgehead atoms. The minimum atomic E-state index is -1.20. The molecule has 0 aromatic carbocycles. The van der Waals surface area contributed by atoms with Gasteiger partial charge in [0.25, 0.3) is 0 Å². The van der Waals surface area contributed by atoms with Gasteiger partial charge in [-0.05, 0) is 19.8 Å². The number of hydrogen-bond acceptors (Lipinski definition) is 5. The number of primary amides is 2. The fourth-order valence-electron chi connectivity index (χ4n) is 1.10. The monoisotopic (exact) mass is 218 g/mol. The third-order valence-corrected chi connectivity index (χ3v) is 2.28. The highest BCUT2D eigenvalue weighted by Gasteiger charge is 2.26. The molecule has 7 heteroatoms. The molecule has 0 aromatic rings. The summed E-state index contributed by atoms with van der Waals surface area (Å²) in [7, 11) is 0. The lowest BCUT2D eigenvalue weighted by Gasteiger charge is -2.41. The van der Waals surface area contributed by atoms with E-state index >= 15 is 0 Å². The lowest BCUT2D eigenvalue weighted by molar-refractivity contribution is -0.138. The van der Waals surface area contributed by atoms with Crippen LogP contribution in [-0.4, -0.2) is 27.8 Å². The van der Waals surface area contributed by atoms with E-state index in [4.69, 9.17) is 16.7 Å². The molecule has 0 atom stereocenters. The van der Waals surface area contributed by atoms with Gasteiger partial charge in [0.2, 0.25) is 11.8 Å². The minimum absolute atomic E-state index is 0.0332. The van der Waals surface area contributed by atoms with Crippen molar-refractivity contribution in [1.82, 2.24) is 5.23 Å². The van der Waals surface area contributed by atoms with Crippen LogP contribution >= 0.6 is 0 Å². The number of rotatable bonds is 7. The van der Waals surface area contributed by atoms with Crippen LogP contribution < -0.4 is 11.5 Å². The zero-order chi connectivity index (χ0) is 12.1. The molecule has 7 nitrogen and oxygen atoms in total. The molecule has 0 aromatic heterocycles. The second-order valence-corrected chi connectivity index (χ2v) is 3.70. The first-order valence-electron chi connectivity index (χ1n) is 4.51. The Hall–Kier alpha value is -1.18. The van der Waals surface area contributed by atoms with Crippen molar-refractivity contribution >= 4 is 11.8 Å². The van der Waals surface area contributed by atoms with Gasteiger partial charge in [-0.1, -0.05) is 0 Å². The highest BCUT2D eigenvalue weighted by Crippen LogP contribution is 2.24. The first-order chi connectivity index (χ1) is 6.78. The standard InChI is InChI=1S/C8H16N3O4/c1-8(11(14)15,4-2-6(9)12)5-3-7(10)13/h14H,2-5H2,1H3,(H2,9,12)(H2,10,13)/q-1. The molecule has 0 rings (SSSR count). The van der Waals surface area contributed by atoms with Crippen molar-refractivity contribution in [2.24, 2.45) is 11.5 Å². The van der Waals surface area contributed by atoms with E-state index in [1.165, 1.54) is 6.92 Å². The summed E-state index contributed by atoms with van der Waals surface area (Å²) in [5.74, 6) is -1.13. The minimum Gasteiger partial charge on any atom is -0.762 e. The summed E-state index contributed by atoms with van der Waals surface area (Å²) < 4.78 is 0. The molecular weight excluding hydrogens is 202 g/mol. The predicted octanol–water partition coefficient (Wildman–Crippen LogP) is -0.535. The number of carbonyl (C=O) groups excluding carboxylic acids is 2. The van der Waals surface area contributed by atoms with Gasteiger partial charge < -0.3 is 21.9 Å². The molecule has 0 aliphatic rings. The number of hydroxylamine groups is 2. The van der Waals surface area contributed by atoms with Gasteiger partial charge in [-0.25, -0.2) is 0 Å². The summed E-state index contributed by atoms with van der Waals surface area (Å²) >= 11 is 0. The van der Waals surface area contributed by atoms with Crippen molar-refractivity contribution in [2.45, 2.75) is 38.1 Å². The number of nitrogens with zero attached hydrogens (tertiary/aromatic N) is 1. The van der Waals surface area contributed by atoms with Crippen molar-refractivity contribution in [3.8, 4) is 0 Å². The van der Waals surface area contributed by atoms with E-state index in [0.717, 1.165) is 0 Å². The molecule has 0 fully saturated rings. The molecule has 15 heavy (non-hydrogen) atoms. The molecular formula is C8H16N3O4-. The van der Waals surface area contributed by atoms with Gasteiger partial charge in [0.05, 0.1) is 0 Å². The Morgan fingerprint density at radius 1 is 1.27 bits per heavy atom. The summed E-state index contributed by atoms with van der Waals surface area (Å²) in [6.07, 6.45) is 0.0916. The highest BCUT2D eigenvalue weighted by atomic mass is 16.8. The van der Waals surface area contributed by atoms with Gasteiger partial charge in [0, 0.05) is 18.4 Å². The zero-order valence-corrected chi connectivity index (χ0v) is 8.60. The van der Waals surface area contributed by atoms with E-state index < -0.39 is 17.4 Å². The fraction of sp³-hybridized carbons (Fsp3) is 0.750. The fourth-order valence-corrected chi connectivity index (χ4v) is 1.10. The van der Waals surface area contributed by atoms with E-state index in [-0.39, 0.29) is 30.9 Å². The van der Waals surface area contributed by atoms with Crippen LogP contribution in [0.25, 0.3) is 0 Å². The maximum absolute atomic E-state index is 10.9. The van der Waals surface area contributed by atoms with Crippen LogP contribution in [0.3, 0.4) is 0 Å². The topological polar surface area (TPSA) is 133 Å². The Bertz CT molecular complexity index is 224. The Balaban J connectivity index is 4.31. The van der Waals surface area contributed by atoms with Gasteiger partial charge in [-0.2, -0.15) is 0 Å². The van der Waals surface area contributed by atoms with E-state index in [2.05, 4.69) is 0 Å². The second kappa shape index (κ2) is 5.64. The van der Waals surface area contributed by atoms with Gasteiger partial charge in [0.15, 0.2) is 0 Å². The molecule has 0 saturated heterocycles. The lowest BCUT2D eigenvalue weighted by Crippen LogP contribution is -2.42. The van der Waals surface area contributed by atoms with E-state index in [1.54, 1.807) is 0 Å². The Labute approximate surface area is 87.6 Å². The highest BCUT2D eigenvalue weighted by molar-refractivity contribution is 5.74. The number of hydrogen-bond donors (Lipinski definition) is 3. The molecule has 0 radical (unpaired) electrons. The number of nitrogens with two attached hydrogens (primary N) is 2. The van der Waals surface area contributed by atoms with Gasteiger partial charge in [0.1, 0.15) is 0 Å². The SMILES string of the molecule is CC(CCC(N)=O)(CCC(N)=O)N([O-])O. The van der Waals surface area contributed by atoms with Crippen LogP contribution in [0.15, 0.2) is 0 Å². The normalized spacial score (nSPS) is 11.7. The average molecular weight is 218 g/mol. The molecule has 2 amide bonds. The molecule has 0 aliphatic carbocycles. The molecule has 0 spiro atoms. The summed E-state index contributed by atoms with van der Waals surface area (Å²) in [4.78, 5) is 21.1. The quantitative estimate of drug-likeness (QED) is 0.494. The van der Waals surface area contributed by atoms with Gasteiger partial charge in [-0.15, -0.1) is 0 Å². The summed E-state index contributed by atoms with van der Waals surface area (Å²) in [5, 5.41) is 19.5. The van der Waals surface area contributed by atoms with Crippen LogP contribution in [0.4, 0.5) is 0 Å². The van der Waals surface area contributed by atoms with Crippen molar-refractivity contribution in [3.63, 3.8) is 0 Å². The van der Waals surface area contributed by atoms with Gasteiger partial charge in [-0.3, -0.25) is 14.8 Å². The van der Waals surface area contributed by atoms with Crippen LogP contribution in [0.2, 0.25) is 0 Å². The second-order valence-electron chi connectivity index (χ2n) is 3.70. The zero-order valence-electron chi connectivity index (χ0n) is 8.60. The summed E-state index contributed by atoms with van der Waals surface area (Å²) in [6.45, 7) is 1.44. The van der Waals surface area contributed by atoms with Crippen molar-refractivity contribution in [1.29, 1.82) is 0 Å². The lowest BCUT2D eigenvalue weighted by atomic mass is 9.90. The summed E-state index contributed by atoms with van der Waals surface area (Å²) in [6, 6.07) is 0. The smallest absolute Gasteiger partial charge is 0.217 e. The molecule has 88 valence electrons. The van der Waals surface area contributed by atoms with E-state index in [1.807, 2.05) is 0 Å². The van der Waals surface area contributed by atoms with Crippen LogP contribution in [0.5, 0.6) is 0 Å². The molecule has 5 N–H and O–H groups in total. The molecule has 0 aliphatic heterocycles. The van der Waals surface area contributed by atoms with Crippen molar-refractivity contribution in [2.75, 3.05) is 0 Å². The van der Waals surface area contributed by atoms with Crippen LogP contribution in [0.1, 0.15) is 32.6 Å². The maximum atomic E-state index is 10.9. The molecule has 0 unspecified atom stereocenters. The van der Waals surface area contributed by atoms with Crippen LogP contribution in [-0.2, 0) is 9.59 Å². The van der Waals surface area contributed by atoms with Crippen molar-refractivity contribution in [3.05, 3.63) is 5.21 Å². The van der Waals surface area contributed by atoms with Crippen LogP contribution in [0, 0.1) is 5.21 Å². The first-order valence-corrected chi connectivity index (χ1v) is 4.51. The third kappa shape index (κ3) is 5.31. The van der Waals surface area contributed by atoms with Gasteiger partial charge >= 0.3 is 0 Å². The Morgan fingerprint density at radius 2 is 1.60 bits per heavy atom. The van der Waals surface area contributed by atoms with E-state index in [0.29, 0.717) is 0 Å². The third-order valence-electron chi connectivity index (χ3n) is 2.28. The predicted molar refractivity (Wildman–Crippen MR) is 52.3 cm³/mol. The summed E-state index contributed by atoms with van der Waals surface area (Å²) in [5.41, 5.74) is 8.64. The largest absolute Gasteiger partial charge is 0.762 e. The number of amides is 2. The average Bonchev–Trinajstić information content (AvgIpc) is 2.11. The number of carbonyl (C=O) groups is 2. The first kappa shape index (κ1) is 13.8. The maximum Gasteiger partial charge on any atom is 0.217 e. The molecule has 0 saturated carbocycles. The molecule has 0 heterocycles. The van der Waals surface area contributed by atoms with E-state index in [9.17, 15) is 14.8 Å². The Kier molecular flexibility index (Phi) is 5.20. The Morgan fingerprint density at radius 3 is 1.80 bits per heavy atom.